The van der Waals surface area contributed by atoms with E-state index < -0.39 is 6.10 Å². The Morgan fingerprint density at radius 2 is 2.12 bits per heavy atom. The van der Waals surface area contributed by atoms with E-state index >= 15 is 0 Å². The zero-order valence-electron chi connectivity index (χ0n) is 10.0. The van der Waals surface area contributed by atoms with E-state index in [1.807, 2.05) is 13.8 Å². The lowest BCUT2D eigenvalue weighted by molar-refractivity contribution is 0.196. The highest BCUT2D eigenvalue weighted by atomic mass is 32.2. The summed E-state index contributed by atoms with van der Waals surface area (Å²) in [6, 6.07) is 0.218. The van der Waals surface area contributed by atoms with E-state index in [-0.39, 0.29) is 17.2 Å². The fourth-order valence-corrected chi connectivity index (χ4v) is 1.71. The van der Waals surface area contributed by atoms with Crippen molar-refractivity contribution in [1.82, 2.24) is 15.0 Å². The van der Waals surface area contributed by atoms with Crippen LogP contribution in [0.3, 0.4) is 0 Å². The number of hydrogen-bond acceptors (Lipinski definition) is 8. The molecule has 0 saturated heterocycles. The number of aliphatic hydroxyl groups excluding tert-OH is 1. The van der Waals surface area contributed by atoms with Crippen LogP contribution in [0.15, 0.2) is 5.16 Å². The number of nitrogen functional groups attached to an aromatic ring is 1. The predicted octanol–water partition coefficient (Wildman–Crippen LogP) is 0.417. The first-order valence-electron chi connectivity index (χ1n) is 5.27. The van der Waals surface area contributed by atoms with Crippen molar-refractivity contribution >= 4 is 17.7 Å². The van der Waals surface area contributed by atoms with Crippen molar-refractivity contribution in [2.45, 2.75) is 37.3 Å². The van der Waals surface area contributed by atoms with Gasteiger partial charge in [-0.15, -0.1) is 0 Å². The van der Waals surface area contributed by atoms with Crippen molar-refractivity contribution in [3.05, 3.63) is 0 Å². The molecule has 0 fully saturated rings. The van der Waals surface area contributed by atoms with E-state index in [0.29, 0.717) is 11.8 Å². The van der Waals surface area contributed by atoms with Crippen LogP contribution in [-0.2, 0) is 0 Å². The van der Waals surface area contributed by atoms with Gasteiger partial charge in [-0.25, -0.2) is 5.84 Å². The van der Waals surface area contributed by atoms with Crippen molar-refractivity contribution in [3.63, 3.8) is 0 Å². The predicted molar refractivity (Wildman–Crippen MR) is 65.8 cm³/mol. The number of thioether (sulfide) groups is 1. The van der Waals surface area contributed by atoms with E-state index in [1.54, 1.807) is 6.92 Å². The molecule has 0 bridgehead atoms. The van der Waals surface area contributed by atoms with Gasteiger partial charge in [0.1, 0.15) is 0 Å². The Kier molecular flexibility index (Phi) is 5.39. The van der Waals surface area contributed by atoms with Gasteiger partial charge in [0.25, 0.3) is 0 Å². The van der Waals surface area contributed by atoms with Crippen molar-refractivity contribution in [1.29, 1.82) is 0 Å². The SMILES string of the molecule is CCOc1nc(NN)nc(SC(C)C(C)O)n1. The van der Waals surface area contributed by atoms with Gasteiger partial charge >= 0.3 is 6.01 Å². The van der Waals surface area contributed by atoms with Gasteiger partial charge in [-0.2, -0.15) is 15.0 Å². The lowest BCUT2D eigenvalue weighted by atomic mass is 10.3. The highest BCUT2D eigenvalue weighted by Crippen LogP contribution is 2.23. The van der Waals surface area contributed by atoms with Gasteiger partial charge in [0.05, 0.1) is 12.7 Å². The van der Waals surface area contributed by atoms with E-state index in [1.165, 1.54) is 11.8 Å². The summed E-state index contributed by atoms with van der Waals surface area (Å²) < 4.78 is 5.20. The van der Waals surface area contributed by atoms with Crippen LogP contribution >= 0.6 is 11.8 Å². The van der Waals surface area contributed by atoms with Crippen molar-refractivity contribution in [2.75, 3.05) is 12.0 Å². The molecule has 0 aliphatic rings. The van der Waals surface area contributed by atoms with E-state index in [9.17, 15) is 5.11 Å². The Morgan fingerprint density at radius 3 is 2.65 bits per heavy atom. The Morgan fingerprint density at radius 1 is 1.41 bits per heavy atom. The van der Waals surface area contributed by atoms with Gasteiger partial charge < -0.3 is 9.84 Å². The maximum atomic E-state index is 9.42. The quantitative estimate of drug-likeness (QED) is 0.383. The maximum Gasteiger partial charge on any atom is 0.322 e. The number of hydrogen-bond donors (Lipinski definition) is 3. The van der Waals surface area contributed by atoms with Crippen LogP contribution in [0, 0.1) is 0 Å². The largest absolute Gasteiger partial charge is 0.464 e. The summed E-state index contributed by atoms with van der Waals surface area (Å²) in [7, 11) is 0. The molecule has 7 nitrogen and oxygen atoms in total. The fraction of sp³-hybridized carbons (Fsp3) is 0.667. The molecular weight excluding hydrogens is 242 g/mol. The number of nitrogens with two attached hydrogens (primary N) is 1. The molecular formula is C9H17N5O2S. The number of aliphatic hydroxyl groups is 1. The summed E-state index contributed by atoms with van der Waals surface area (Å²) in [6.07, 6.45) is -0.457. The lowest BCUT2D eigenvalue weighted by Crippen LogP contribution is -2.17. The standard InChI is InChI=1S/C9H17N5O2S/c1-4-16-8-11-7(14-10)12-9(13-8)17-6(3)5(2)15/h5-6,15H,4,10H2,1-3H3,(H,11,12,13,14). The molecule has 1 heterocycles. The minimum absolute atomic E-state index is 0.0301. The van der Waals surface area contributed by atoms with Crippen LogP contribution in [0.5, 0.6) is 6.01 Å². The molecule has 4 N–H and O–H groups in total. The van der Waals surface area contributed by atoms with E-state index in [4.69, 9.17) is 10.6 Å². The molecule has 0 saturated carbocycles. The van der Waals surface area contributed by atoms with Crippen molar-refractivity contribution in [3.8, 4) is 6.01 Å². The van der Waals surface area contributed by atoms with Gasteiger partial charge in [-0.1, -0.05) is 18.7 Å². The second-order valence-corrected chi connectivity index (χ2v) is 4.71. The van der Waals surface area contributed by atoms with Gasteiger partial charge in [0.15, 0.2) is 5.16 Å². The molecule has 0 radical (unpaired) electrons. The number of anilines is 1. The third kappa shape index (κ3) is 4.33. The molecule has 2 atom stereocenters. The first-order valence-corrected chi connectivity index (χ1v) is 6.15. The van der Waals surface area contributed by atoms with Gasteiger partial charge in [0, 0.05) is 5.25 Å². The summed E-state index contributed by atoms with van der Waals surface area (Å²) in [4.78, 5) is 12.1. The van der Waals surface area contributed by atoms with Crippen LogP contribution in [-0.4, -0.2) is 38.0 Å². The average molecular weight is 259 g/mol. The number of hydrazine groups is 1. The highest BCUT2D eigenvalue weighted by Gasteiger charge is 2.14. The highest BCUT2D eigenvalue weighted by molar-refractivity contribution is 7.99. The molecule has 2 unspecified atom stereocenters. The minimum Gasteiger partial charge on any atom is -0.464 e. The monoisotopic (exact) mass is 259 g/mol. The second-order valence-electron chi connectivity index (χ2n) is 3.37. The summed E-state index contributed by atoms with van der Waals surface area (Å²) >= 11 is 1.33. The Balaban J connectivity index is 2.86. The second kappa shape index (κ2) is 6.58. The average Bonchev–Trinajstić information content (AvgIpc) is 2.28. The Bertz CT molecular complexity index is 363. The number of nitrogens with one attached hydrogen (secondary N) is 1. The lowest BCUT2D eigenvalue weighted by Gasteiger charge is -2.13. The van der Waals surface area contributed by atoms with Crippen LogP contribution in [0.2, 0.25) is 0 Å². The Labute approximate surface area is 104 Å². The third-order valence-corrected chi connectivity index (χ3v) is 3.13. The third-order valence-electron chi connectivity index (χ3n) is 1.97. The first-order chi connectivity index (χ1) is 8.06. The van der Waals surface area contributed by atoms with E-state index in [0.717, 1.165) is 0 Å². The zero-order chi connectivity index (χ0) is 12.8. The Hall–Kier alpha value is -1.12. The van der Waals surface area contributed by atoms with Gasteiger partial charge in [-0.3, -0.25) is 5.43 Å². The van der Waals surface area contributed by atoms with Gasteiger partial charge in [0.2, 0.25) is 5.95 Å². The number of rotatable bonds is 6. The van der Waals surface area contributed by atoms with Crippen molar-refractivity contribution < 1.29 is 9.84 Å². The van der Waals surface area contributed by atoms with Crippen LogP contribution < -0.4 is 16.0 Å². The molecule has 0 spiro atoms. The zero-order valence-corrected chi connectivity index (χ0v) is 10.9. The molecule has 96 valence electrons. The summed E-state index contributed by atoms with van der Waals surface area (Å²) in [5.41, 5.74) is 2.35. The molecule has 0 aliphatic carbocycles. The van der Waals surface area contributed by atoms with Crippen LogP contribution in [0.25, 0.3) is 0 Å². The minimum atomic E-state index is -0.457. The summed E-state index contributed by atoms with van der Waals surface area (Å²) in [6.45, 7) is 5.90. The summed E-state index contributed by atoms with van der Waals surface area (Å²) in [5, 5.41) is 9.85. The normalized spacial score (nSPS) is 14.2. The van der Waals surface area contributed by atoms with Crippen LogP contribution in [0.4, 0.5) is 5.95 Å². The molecule has 0 aromatic carbocycles. The number of aromatic nitrogens is 3. The molecule has 1 aromatic rings. The number of ether oxygens (including phenoxy) is 1. The van der Waals surface area contributed by atoms with Crippen molar-refractivity contribution in [2.24, 2.45) is 5.84 Å². The van der Waals surface area contributed by atoms with Crippen LogP contribution in [0.1, 0.15) is 20.8 Å². The smallest absolute Gasteiger partial charge is 0.322 e. The maximum absolute atomic E-state index is 9.42. The fourth-order valence-electron chi connectivity index (χ4n) is 0.914. The summed E-state index contributed by atoms with van der Waals surface area (Å²) in [5.74, 6) is 5.50. The molecule has 8 heteroatoms. The topological polar surface area (TPSA) is 106 Å². The number of nitrogens with zero attached hydrogens (tertiary/aromatic N) is 3. The molecule has 1 aromatic heterocycles. The molecule has 0 amide bonds. The van der Waals surface area contributed by atoms with E-state index in [2.05, 4.69) is 20.4 Å². The molecule has 1 rings (SSSR count). The van der Waals surface area contributed by atoms with Gasteiger partial charge in [-0.05, 0) is 13.8 Å². The first kappa shape index (κ1) is 13.9. The molecule has 0 aliphatic heterocycles. The molecule has 17 heavy (non-hydrogen) atoms.